The van der Waals surface area contributed by atoms with Crippen molar-refractivity contribution in [2.75, 3.05) is 5.73 Å². The summed E-state index contributed by atoms with van der Waals surface area (Å²) in [5.41, 5.74) is 8.93. The monoisotopic (exact) mass is 425 g/mol. The van der Waals surface area contributed by atoms with Crippen molar-refractivity contribution >= 4 is 23.7 Å². The van der Waals surface area contributed by atoms with E-state index in [2.05, 4.69) is 44.8 Å². The summed E-state index contributed by atoms with van der Waals surface area (Å²) in [6.07, 6.45) is 10.4. The number of benzene rings is 1. The predicted octanol–water partition coefficient (Wildman–Crippen LogP) is 4.61. The number of pyridine rings is 1. The summed E-state index contributed by atoms with van der Waals surface area (Å²) >= 11 is 1.62. The van der Waals surface area contributed by atoms with E-state index in [0.29, 0.717) is 17.1 Å². The zero-order chi connectivity index (χ0) is 21.6. The summed E-state index contributed by atoms with van der Waals surface area (Å²) in [6, 6.07) is 14.1. The minimum Gasteiger partial charge on any atom is -0.383 e. The maximum atomic E-state index is 9.44. The Hall–Kier alpha value is -3.96. The van der Waals surface area contributed by atoms with E-state index in [-0.39, 0.29) is 12.5 Å². The van der Waals surface area contributed by atoms with E-state index >= 15 is 0 Å². The first-order chi connectivity index (χ1) is 15.2. The molecule has 0 aliphatic heterocycles. The number of hydrogen-bond acceptors (Lipinski definition) is 7. The number of nitrogen functional groups attached to an aromatic ring is 1. The zero-order valence-corrected chi connectivity index (χ0v) is 17.4. The van der Waals surface area contributed by atoms with Gasteiger partial charge in [-0.05, 0) is 23.8 Å². The first-order valence-electron chi connectivity index (χ1n) is 9.52. The number of nitrogens with two attached hydrogens (primary N) is 1. The van der Waals surface area contributed by atoms with Crippen LogP contribution in [0.1, 0.15) is 23.6 Å². The van der Waals surface area contributed by atoms with Crippen molar-refractivity contribution in [2.45, 2.75) is 22.3 Å². The third-order valence-electron chi connectivity index (χ3n) is 4.70. The first-order valence-corrected chi connectivity index (χ1v) is 10.3. The normalized spacial score (nSPS) is 11.6. The van der Waals surface area contributed by atoms with Gasteiger partial charge >= 0.3 is 0 Å². The Morgan fingerprint density at radius 3 is 2.77 bits per heavy atom. The van der Waals surface area contributed by atoms with Crippen LogP contribution in [0.3, 0.4) is 0 Å². The third kappa shape index (κ3) is 4.47. The van der Waals surface area contributed by atoms with E-state index in [1.165, 1.54) is 6.33 Å². The number of aromatic nitrogens is 5. The van der Waals surface area contributed by atoms with Gasteiger partial charge in [-0.2, -0.15) is 10.4 Å². The van der Waals surface area contributed by atoms with Crippen LogP contribution in [-0.4, -0.2) is 24.7 Å². The van der Waals surface area contributed by atoms with Gasteiger partial charge in [0.05, 0.1) is 30.4 Å². The summed E-state index contributed by atoms with van der Waals surface area (Å²) < 4.78 is 1.76. The van der Waals surface area contributed by atoms with Gasteiger partial charge < -0.3 is 5.73 Å². The highest BCUT2D eigenvalue weighted by Crippen LogP contribution is 2.31. The molecular formula is C23H19N7S. The van der Waals surface area contributed by atoms with E-state index < -0.39 is 0 Å². The van der Waals surface area contributed by atoms with Crippen LogP contribution in [0.25, 0.3) is 17.3 Å². The summed E-state index contributed by atoms with van der Waals surface area (Å²) in [5, 5.41) is 13.9. The van der Waals surface area contributed by atoms with E-state index in [9.17, 15) is 5.26 Å². The van der Waals surface area contributed by atoms with Gasteiger partial charge in [0.1, 0.15) is 12.1 Å². The molecular weight excluding hydrogens is 406 g/mol. The minimum atomic E-state index is -0.283. The predicted molar refractivity (Wildman–Crippen MR) is 121 cm³/mol. The highest BCUT2D eigenvalue weighted by atomic mass is 32.2. The van der Waals surface area contributed by atoms with Crippen molar-refractivity contribution in [3.8, 4) is 17.3 Å². The van der Waals surface area contributed by atoms with Gasteiger partial charge in [0.25, 0.3) is 0 Å². The van der Waals surface area contributed by atoms with Gasteiger partial charge in [0, 0.05) is 39.5 Å². The van der Waals surface area contributed by atoms with Crippen LogP contribution < -0.4 is 5.73 Å². The molecule has 3 aromatic heterocycles. The van der Waals surface area contributed by atoms with Gasteiger partial charge in [-0.25, -0.2) is 9.97 Å². The second kappa shape index (κ2) is 9.24. The molecule has 0 fully saturated rings. The van der Waals surface area contributed by atoms with Gasteiger partial charge in [0.2, 0.25) is 0 Å². The summed E-state index contributed by atoms with van der Waals surface area (Å²) in [5.74, 6) is 0.358. The van der Waals surface area contributed by atoms with Crippen LogP contribution >= 0.6 is 11.8 Å². The molecule has 0 amide bonds. The second-order valence-corrected chi connectivity index (χ2v) is 7.83. The molecule has 0 radical (unpaired) electrons. The molecule has 2 N–H and O–H groups in total. The Morgan fingerprint density at radius 2 is 2.00 bits per heavy atom. The molecule has 4 rings (SSSR count). The molecule has 31 heavy (non-hydrogen) atoms. The van der Waals surface area contributed by atoms with Crippen molar-refractivity contribution in [3.63, 3.8) is 0 Å². The number of nitrogens with zero attached hydrogens (tertiary/aromatic N) is 6. The fourth-order valence-corrected chi connectivity index (χ4v) is 4.09. The fraction of sp³-hybridized carbons (Fsp3) is 0.0870. The first kappa shape index (κ1) is 20.3. The van der Waals surface area contributed by atoms with Gasteiger partial charge in [-0.1, -0.05) is 42.6 Å². The van der Waals surface area contributed by atoms with Crippen molar-refractivity contribution in [1.29, 1.82) is 5.26 Å². The van der Waals surface area contributed by atoms with E-state index in [0.717, 1.165) is 20.9 Å². The maximum Gasteiger partial charge on any atom is 0.134 e. The molecule has 0 bridgehead atoms. The highest BCUT2D eigenvalue weighted by molar-refractivity contribution is 7.99. The highest BCUT2D eigenvalue weighted by Gasteiger charge is 2.18. The molecule has 0 aliphatic carbocycles. The Labute approximate surface area is 184 Å². The van der Waals surface area contributed by atoms with Crippen LogP contribution in [0, 0.1) is 11.3 Å². The van der Waals surface area contributed by atoms with Crippen LogP contribution in [0.4, 0.5) is 5.82 Å². The number of hydrogen-bond donors (Lipinski definition) is 1. The van der Waals surface area contributed by atoms with Crippen molar-refractivity contribution in [3.05, 3.63) is 85.2 Å². The Balaban J connectivity index is 1.67. The number of nitriles is 1. The van der Waals surface area contributed by atoms with Crippen LogP contribution in [-0.2, 0) is 0 Å². The molecule has 4 aromatic rings. The standard InChI is InChI=1S/C23H19N7S/c1-2-20-22(27-15-28-23(20)25)17-12-29-30(14-17)21(8-9-24)16-10-19(13-26-11-16)31-18-6-4-3-5-7-18/h2-7,10-15,21H,1,8H2,(H2,25,27,28). The van der Waals surface area contributed by atoms with E-state index in [1.54, 1.807) is 34.9 Å². The van der Waals surface area contributed by atoms with Gasteiger partial charge in [-0.15, -0.1) is 0 Å². The molecule has 8 heteroatoms. The molecule has 0 spiro atoms. The van der Waals surface area contributed by atoms with Gasteiger partial charge in [-0.3, -0.25) is 9.67 Å². The van der Waals surface area contributed by atoms with E-state index in [1.807, 2.05) is 36.7 Å². The molecule has 1 aromatic carbocycles. The average molecular weight is 426 g/mol. The van der Waals surface area contributed by atoms with Crippen LogP contribution in [0.5, 0.6) is 0 Å². The lowest BCUT2D eigenvalue weighted by molar-refractivity contribution is 0.530. The summed E-state index contributed by atoms with van der Waals surface area (Å²) in [7, 11) is 0. The Morgan fingerprint density at radius 1 is 1.16 bits per heavy atom. The van der Waals surface area contributed by atoms with Gasteiger partial charge in [0.15, 0.2) is 0 Å². The van der Waals surface area contributed by atoms with Crippen LogP contribution in [0.15, 0.2) is 83.9 Å². The topological polar surface area (TPSA) is 106 Å². The van der Waals surface area contributed by atoms with Crippen molar-refractivity contribution in [1.82, 2.24) is 24.7 Å². The average Bonchev–Trinajstić information content (AvgIpc) is 3.28. The Kier molecular flexibility index (Phi) is 6.05. The smallest absolute Gasteiger partial charge is 0.134 e. The maximum absolute atomic E-state index is 9.44. The second-order valence-electron chi connectivity index (χ2n) is 6.68. The molecule has 0 saturated heterocycles. The molecule has 0 saturated carbocycles. The molecule has 152 valence electrons. The largest absolute Gasteiger partial charge is 0.383 e. The molecule has 1 atom stereocenters. The summed E-state index contributed by atoms with van der Waals surface area (Å²) in [4.78, 5) is 14.9. The number of anilines is 1. The lowest BCUT2D eigenvalue weighted by Crippen LogP contribution is -2.11. The minimum absolute atomic E-state index is 0.252. The van der Waals surface area contributed by atoms with E-state index in [4.69, 9.17) is 5.73 Å². The SMILES string of the molecule is C=Cc1c(N)ncnc1-c1cnn(C(CC#N)c2cncc(Sc3ccccc3)c2)c1. The zero-order valence-electron chi connectivity index (χ0n) is 16.6. The fourth-order valence-electron chi connectivity index (χ4n) is 3.22. The molecule has 3 heterocycles. The Bertz CT molecular complexity index is 1240. The van der Waals surface area contributed by atoms with Crippen molar-refractivity contribution in [2.24, 2.45) is 0 Å². The molecule has 0 aliphatic rings. The lowest BCUT2D eigenvalue weighted by Gasteiger charge is -2.15. The lowest BCUT2D eigenvalue weighted by atomic mass is 10.1. The van der Waals surface area contributed by atoms with Crippen molar-refractivity contribution < 1.29 is 0 Å². The van der Waals surface area contributed by atoms with Crippen LogP contribution in [0.2, 0.25) is 0 Å². The number of rotatable bonds is 7. The summed E-state index contributed by atoms with van der Waals surface area (Å²) in [6.45, 7) is 3.80. The molecule has 1 unspecified atom stereocenters. The molecule has 7 nitrogen and oxygen atoms in total. The third-order valence-corrected chi connectivity index (χ3v) is 5.66. The quantitative estimate of drug-likeness (QED) is 0.460.